The first-order chi connectivity index (χ1) is 16.2. The van der Waals surface area contributed by atoms with Crippen LogP contribution in [0, 0.1) is 6.92 Å². The van der Waals surface area contributed by atoms with E-state index in [4.69, 9.17) is 19.4 Å². The average molecular weight is 444 g/mol. The first kappa shape index (κ1) is 20.9. The van der Waals surface area contributed by atoms with Gasteiger partial charge in [-0.25, -0.2) is 9.66 Å². The van der Waals surface area contributed by atoms with Gasteiger partial charge in [-0.1, -0.05) is 29.8 Å². The molecule has 1 saturated heterocycles. The molecule has 1 fully saturated rings. The molecule has 0 bridgehead atoms. The highest BCUT2D eigenvalue weighted by atomic mass is 16.5. The molecule has 168 valence electrons. The van der Waals surface area contributed by atoms with Crippen LogP contribution in [0.5, 0.6) is 5.75 Å². The number of morpholine rings is 1. The third-order valence-corrected chi connectivity index (χ3v) is 5.39. The lowest BCUT2D eigenvalue weighted by atomic mass is 10.2. The maximum atomic E-state index is 5.50. The van der Waals surface area contributed by atoms with E-state index in [0.717, 1.165) is 30.1 Å². The summed E-state index contributed by atoms with van der Waals surface area (Å²) in [6.07, 6.45) is 3.47. The van der Waals surface area contributed by atoms with E-state index in [2.05, 4.69) is 39.4 Å². The zero-order valence-electron chi connectivity index (χ0n) is 18.6. The predicted octanol–water partition coefficient (Wildman–Crippen LogP) is 3.61. The lowest BCUT2D eigenvalue weighted by Gasteiger charge is -2.27. The van der Waals surface area contributed by atoms with Gasteiger partial charge in [0, 0.05) is 18.8 Å². The van der Waals surface area contributed by atoms with Crippen molar-refractivity contribution in [2.24, 2.45) is 5.10 Å². The van der Waals surface area contributed by atoms with Crippen molar-refractivity contribution in [1.82, 2.24) is 19.6 Å². The highest BCUT2D eigenvalue weighted by Crippen LogP contribution is 2.27. The smallest absolute Gasteiger partial charge is 0.229 e. The molecule has 2 aromatic heterocycles. The van der Waals surface area contributed by atoms with E-state index in [0.29, 0.717) is 36.1 Å². The van der Waals surface area contributed by atoms with Crippen LogP contribution >= 0.6 is 0 Å². The summed E-state index contributed by atoms with van der Waals surface area (Å²) >= 11 is 0. The molecule has 0 unspecified atom stereocenters. The molecule has 1 aliphatic rings. The molecular weight excluding hydrogens is 418 g/mol. The van der Waals surface area contributed by atoms with Gasteiger partial charge in [0.05, 0.1) is 26.5 Å². The van der Waals surface area contributed by atoms with Crippen molar-refractivity contribution in [2.45, 2.75) is 6.92 Å². The van der Waals surface area contributed by atoms with Crippen molar-refractivity contribution in [3.63, 3.8) is 0 Å². The quantitative estimate of drug-likeness (QED) is 0.455. The molecule has 0 amide bonds. The van der Waals surface area contributed by atoms with Crippen LogP contribution in [0.25, 0.3) is 11.2 Å². The van der Waals surface area contributed by atoms with Gasteiger partial charge in [-0.05, 0) is 36.8 Å². The largest absolute Gasteiger partial charge is 0.497 e. The van der Waals surface area contributed by atoms with E-state index < -0.39 is 0 Å². The Hall–Kier alpha value is -3.98. The van der Waals surface area contributed by atoms with Crippen molar-refractivity contribution in [2.75, 3.05) is 43.6 Å². The molecule has 9 nitrogen and oxygen atoms in total. The van der Waals surface area contributed by atoms with Gasteiger partial charge in [0.15, 0.2) is 17.0 Å². The topological polar surface area (TPSA) is 89.7 Å². The van der Waals surface area contributed by atoms with Crippen LogP contribution in [-0.4, -0.2) is 59.3 Å². The van der Waals surface area contributed by atoms with E-state index in [-0.39, 0.29) is 0 Å². The first-order valence-electron chi connectivity index (χ1n) is 10.8. The standard InChI is InChI=1S/C24H25N7O2/c1-17-4-3-5-18(14-17)15-26-31-16-25-21-22(27-19-6-8-20(32-2)9-7-19)28-24(29-23(21)31)30-10-12-33-13-11-30/h3-9,14-16H,10-13H2,1-2H3,(H,27,28,29)/b26-15+. The van der Waals surface area contributed by atoms with Gasteiger partial charge >= 0.3 is 0 Å². The zero-order valence-corrected chi connectivity index (χ0v) is 18.6. The molecule has 5 rings (SSSR count). The van der Waals surface area contributed by atoms with Crippen LogP contribution in [0.15, 0.2) is 60.0 Å². The second-order valence-corrected chi connectivity index (χ2v) is 7.75. The van der Waals surface area contributed by atoms with E-state index in [1.165, 1.54) is 5.56 Å². The highest BCUT2D eigenvalue weighted by Gasteiger charge is 2.19. The summed E-state index contributed by atoms with van der Waals surface area (Å²) in [7, 11) is 1.65. The highest BCUT2D eigenvalue weighted by molar-refractivity contribution is 5.87. The normalized spacial score (nSPS) is 14.2. The van der Waals surface area contributed by atoms with E-state index in [1.54, 1.807) is 24.3 Å². The van der Waals surface area contributed by atoms with Crippen molar-refractivity contribution in [3.05, 3.63) is 66.0 Å². The van der Waals surface area contributed by atoms with E-state index >= 15 is 0 Å². The Labute approximate surface area is 191 Å². The number of rotatable bonds is 6. The number of anilines is 3. The third-order valence-electron chi connectivity index (χ3n) is 5.39. The number of ether oxygens (including phenoxy) is 2. The summed E-state index contributed by atoms with van der Waals surface area (Å²) in [6, 6.07) is 15.8. The fourth-order valence-corrected chi connectivity index (χ4v) is 3.64. The monoisotopic (exact) mass is 443 g/mol. The van der Waals surface area contributed by atoms with Crippen LogP contribution < -0.4 is 15.0 Å². The number of aromatic nitrogens is 4. The number of fused-ring (bicyclic) bond motifs is 1. The summed E-state index contributed by atoms with van der Waals surface area (Å²) in [5, 5.41) is 7.99. The molecule has 0 spiro atoms. The molecule has 4 aromatic rings. The zero-order chi connectivity index (χ0) is 22.6. The predicted molar refractivity (Wildman–Crippen MR) is 129 cm³/mol. The molecule has 0 radical (unpaired) electrons. The minimum atomic E-state index is 0.620. The number of hydrogen-bond acceptors (Lipinski definition) is 8. The van der Waals surface area contributed by atoms with Crippen molar-refractivity contribution in [1.29, 1.82) is 0 Å². The van der Waals surface area contributed by atoms with Crippen LogP contribution in [0.1, 0.15) is 11.1 Å². The SMILES string of the molecule is COc1ccc(Nc2nc(N3CCOCC3)nc3c2ncn3/N=C/c2cccc(C)c2)cc1. The maximum absolute atomic E-state index is 5.50. The minimum Gasteiger partial charge on any atom is -0.497 e. The van der Waals surface area contributed by atoms with Crippen LogP contribution in [0.3, 0.4) is 0 Å². The van der Waals surface area contributed by atoms with Crippen molar-refractivity contribution >= 4 is 34.8 Å². The summed E-state index contributed by atoms with van der Waals surface area (Å²) in [6.45, 7) is 4.81. The van der Waals surface area contributed by atoms with Gasteiger partial charge in [-0.3, -0.25) is 0 Å². The molecule has 1 N–H and O–H groups in total. The Kier molecular flexibility index (Phi) is 5.86. The van der Waals surface area contributed by atoms with Crippen molar-refractivity contribution < 1.29 is 9.47 Å². The van der Waals surface area contributed by atoms with Gasteiger partial charge in [-0.15, -0.1) is 0 Å². The Morgan fingerprint density at radius 1 is 1.09 bits per heavy atom. The van der Waals surface area contributed by atoms with Gasteiger partial charge in [0.2, 0.25) is 5.95 Å². The fourth-order valence-electron chi connectivity index (χ4n) is 3.64. The second-order valence-electron chi connectivity index (χ2n) is 7.75. The number of hydrogen-bond donors (Lipinski definition) is 1. The number of nitrogens with one attached hydrogen (secondary N) is 1. The number of nitrogens with zero attached hydrogens (tertiary/aromatic N) is 6. The Morgan fingerprint density at radius 2 is 1.91 bits per heavy atom. The lowest BCUT2D eigenvalue weighted by Crippen LogP contribution is -2.37. The number of methoxy groups -OCH3 is 1. The maximum Gasteiger partial charge on any atom is 0.229 e. The molecule has 0 saturated carbocycles. The van der Waals surface area contributed by atoms with Crippen LogP contribution in [0.2, 0.25) is 0 Å². The summed E-state index contributed by atoms with van der Waals surface area (Å²) in [5.74, 6) is 2.03. The van der Waals surface area contributed by atoms with Crippen LogP contribution in [0.4, 0.5) is 17.5 Å². The van der Waals surface area contributed by atoms with E-state index in [9.17, 15) is 0 Å². The Morgan fingerprint density at radius 3 is 2.67 bits per heavy atom. The van der Waals surface area contributed by atoms with Gasteiger partial charge in [0.1, 0.15) is 12.1 Å². The van der Waals surface area contributed by atoms with Gasteiger partial charge in [-0.2, -0.15) is 15.1 Å². The molecule has 2 aromatic carbocycles. The van der Waals surface area contributed by atoms with E-state index in [1.807, 2.05) is 36.4 Å². The number of imidazole rings is 1. The summed E-state index contributed by atoms with van der Waals surface area (Å²) < 4.78 is 12.4. The third kappa shape index (κ3) is 4.63. The molecule has 0 atom stereocenters. The minimum absolute atomic E-state index is 0.620. The number of aryl methyl sites for hydroxylation is 1. The number of benzene rings is 2. The van der Waals surface area contributed by atoms with Gasteiger partial charge < -0.3 is 19.7 Å². The van der Waals surface area contributed by atoms with Gasteiger partial charge in [0.25, 0.3) is 0 Å². The molecule has 0 aliphatic carbocycles. The molecule has 1 aliphatic heterocycles. The van der Waals surface area contributed by atoms with Crippen molar-refractivity contribution in [3.8, 4) is 5.75 Å². The summed E-state index contributed by atoms with van der Waals surface area (Å²) in [4.78, 5) is 16.3. The average Bonchev–Trinajstić information content (AvgIpc) is 3.27. The molecule has 9 heteroatoms. The Balaban J connectivity index is 1.54. The lowest BCUT2D eigenvalue weighted by molar-refractivity contribution is 0.122. The Bertz CT molecular complexity index is 1280. The molecular formula is C24H25N7O2. The molecule has 3 heterocycles. The second kappa shape index (κ2) is 9.25. The fraction of sp³-hybridized carbons (Fsp3) is 0.250. The van der Waals surface area contributed by atoms with Crippen LogP contribution in [-0.2, 0) is 4.74 Å². The summed E-state index contributed by atoms with van der Waals surface area (Å²) in [5.41, 5.74) is 4.34. The molecule has 33 heavy (non-hydrogen) atoms. The first-order valence-corrected chi connectivity index (χ1v) is 10.8.